The van der Waals surface area contributed by atoms with Gasteiger partial charge in [0.25, 0.3) is 5.91 Å². The standard InChI is InChI=1S/C13H11BrN2O2/c1-8-3-2-4-12(15-8)16-13(18)9-5-6-10(14)11(17)7-9/h2-7,17H,1H3,(H,15,16,18). The molecule has 92 valence electrons. The Morgan fingerprint density at radius 3 is 2.78 bits per heavy atom. The van der Waals surface area contributed by atoms with Crippen LogP contribution in [0.2, 0.25) is 0 Å². The van der Waals surface area contributed by atoms with Crippen LogP contribution in [0.1, 0.15) is 16.1 Å². The Bertz CT molecular complexity index is 599. The van der Waals surface area contributed by atoms with Crippen LogP contribution in [0, 0.1) is 6.92 Å². The molecule has 18 heavy (non-hydrogen) atoms. The minimum Gasteiger partial charge on any atom is -0.507 e. The number of aryl methyl sites for hydroxylation is 1. The second-order valence-corrected chi connectivity index (χ2v) is 4.64. The van der Waals surface area contributed by atoms with Gasteiger partial charge in [-0.1, -0.05) is 6.07 Å². The van der Waals surface area contributed by atoms with Gasteiger partial charge in [0.05, 0.1) is 4.47 Å². The Morgan fingerprint density at radius 1 is 1.33 bits per heavy atom. The van der Waals surface area contributed by atoms with Crippen molar-refractivity contribution in [3.8, 4) is 5.75 Å². The van der Waals surface area contributed by atoms with Gasteiger partial charge in [-0.25, -0.2) is 4.98 Å². The van der Waals surface area contributed by atoms with Crippen molar-refractivity contribution < 1.29 is 9.90 Å². The molecule has 0 atom stereocenters. The van der Waals surface area contributed by atoms with Crippen LogP contribution in [0.25, 0.3) is 0 Å². The van der Waals surface area contributed by atoms with E-state index in [4.69, 9.17) is 0 Å². The van der Waals surface area contributed by atoms with Gasteiger partial charge in [0, 0.05) is 11.3 Å². The SMILES string of the molecule is Cc1cccc(NC(=O)c2ccc(Br)c(O)c2)n1. The number of hydrogen-bond donors (Lipinski definition) is 2. The predicted molar refractivity (Wildman–Crippen MR) is 72.7 cm³/mol. The van der Waals surface area contributed by atoms with E-state index in [-0.39, 0.29) is 11.7 Å². The summed E-state index contributed by atoms with van der Waals surface area (Å²) in [4.78, 5) is 16.1. The van der Waals surface area contributed by atoms with Crippen molar-refractivity contribution in [3.63, 3.8) is 0 Å². The minimum absolute atomic E-state index is 0.0276. The maximum absolute atomic E-state index is 11.9. The van der Waals surface area contributed by atoms with Crippen molar-refractivity contribution >= 4 is 27.7 Å². The van der Waals surface area contributed by atoms with E-state index in [1.165, 1.54) is 6.07 Å². The maximum Gasteiger partial charge on any atom is 0.256 e. The first kappa shape index (κ1) is 12.6. The zero-order valence-electron chi connectivity index (χ0n) is 9.64. The molecule has 1 heterocycles. The van der Waals surface area contributed by atoms with Crippen molar-refractivity contribution in [2.24, 2.45) is 0 Å². The highest BCUT2D eigenvalue weighted by atomic mass is 79.9. The summed E-state index contributed by atoms with van der Waals surface area (Å²) in [5.41, 5.74) is 1.20. The molecule has 4 nitrogen and oxygen atoms in total. The number of aromatic hydroxyl groups is 1. The lowest BCUT2D eigenvalue weighted by atomic mass is 10.2. The monoisotopic (exact) mass is 306 g/mol. The summed E-state index contributed by atoms with van der Waals surface area (Å²) in [5, 5.41) is 12.2. The zero-order chi connectivity index (χ0) is 13.1. The molecule has 2 N–H and O–H groups in total. The van der Waals surface area contributed by atoms with Gasteiger partial charge in [0.2, 0.25) is 0 Å². The number of halogens is 1. The van der Waals surface area contributed by atoms with Crippen LogP contribution >= 0.6 is 15.9 Å². The van der Waals surface area contributed by atoms with Crippen LogP contribution < -0.4 is 5.32 Å². The Morgan fingerprint density at radius 2 is 2.11 bits per heavy atom. The van der Waals surface area contributed by atoms with Crippen molar-refractivity contribution in [2.45, 2.75) is 6.92 Å². The van der Waals surface area contributed by atoms with Gasteiger partial charge in [0.15, 0.2) is 0 Å². The number of phenolic OH excluding ortho intramolecular Hbond substituents is 1. The Kier molecular flexibility index (Phi) is 3.62. The molecule has 0 aliphatic rings. The molecule has 5 heteroatoms. The number of carbonyl (C=O) groups excluding carboxylic acids is 1. The lowest BCUT2D eigenvalue weighted by molar-refractivity contribution is 0.102. The quantitative estimate of drug-likeness (QED) is 0.896. The fourth-order valence-electron chi connectivity index (χ4n) is 1.46. The lowest BCUT2D eigenvalue weighted by Gasteiger charge is -2.06. The summed E-state index contributed by atoms with van der Waals surface area (Å²) < 4.78 is 0.549. The molecule has 0 aliphatic carbocycles. The van der Waals surface area contributed by atoms with Gasteiger partial charge in [-0.15, -0.1) is 0 Å². The molecule has 0 aliphatic heterocycles. The van der Waals surface area contributed by atoms with E-state index in [0.29, 0.717) is 15.9 Å². The normalized spacial score (nSPS) is 10.1. The van der Waals surface area contributed by atoms with Crippen LogP contribution in [0.5, 0.6) is 5.75 Å². The molecule has 0 fully saturated rings. The molecule has 1 aromatic heterocycles. The molecule has 0 spiro atoms. The van der Waals surface area contributed by atoms with E-state index in [9.17, 15) is 9.90 Å². The van der Waals surface area contributed by atoms with Gasteiger partial charge in [-0.3, -0.25) is 4.79 Å². The Labute approximate surface area is 113 Å². The highest BCUT2D eigenvalue weighted by molar-refractivity contribution is 9.10. The van der Waals surface area contributed by atoms with Gasteiger partial charge < -0.3 is 10.4 Å². The number of benzene rings is 1. The number of anilines is 1. The molecule has 0 unspecified atom stereocenters. The van der Waals surface area contributed by atoms with Crippen molar-refractivity contribution in [2.75, 3.05) is 5.32 Å². The van der Waals surface area contributed by atoms with E-state index < -0.39 is 0 Å². The molecule has 0 saturated heterocycles. The Hall–Kier alpha value is -1.88. The Balaban J connectivity index is 2.19. The van der Waals surface area contributed by atoms with Crippen LogP contribution in [-0.2, 0) is 0 Å². The van der Waals surface area contributed by atoms with Gasteiger partial charge >= 0.3 is 0 Å². The predicted octanol–water partition coefficient (Wildman–Crippen LogP) is 3.11. The third-order valence-electron chi connectivity index (χ3n) is 2.34. The number of amides is 1. The average molecular weight is 307 g/mol. The van der Waals surface area contributed by atoms with E-state index in [2.05, 4.69) is 26.2 Å². The van der Waals surface area contributed by atoms with Crippen molar-refractivity contribution in [3.05, 3.63) is 52.1 Å². The number of hydrogen-bond acceptors (Lipinski definition) is 3. The zero-order valence-corrected chi connectivity index (χ0v) is 11.2. The fraction of sp³-hybridized carbons (Fsp3) is 0.0769. The van der Waals surface area contributed by atoms with Gasteiger partial charge in [-0.2, -0.15) is 0 Å². The van der Waals surface area contributed by atoms with Crippen molar-refractivity contribution in [1.29, 1.82) is 0 Å². The van der Waals surface area contributed by atoms with Crippen LogP contribution in [0.15, 0.2) is 40.9 Å². The summed E-state index contributed by atoms with van der Waals surface area (Å²) >= 11 is 3.16. The molecule has 0 bridgehead atoms. The van der Waals surface area contributed by atoms with E-state index >= 15 is 0 Å². The fourth-order valence-corrected chi connectivity index (χ4v) is 1.70. The topological polar surface area (TPSA) is 62.2 Å². The number of nitrogens with zero attached hydrogens (tertiary/aromatic N) is 1. The molecular formula is C13H11BrN2O2. The van der Waals surface area contributed by atoms with E-state index in [0.717, 1.165) is 5.69 Å². The smallest absolute Gasteiger partial charge is 0.256 e. The lowest BCUT2D eigenvalue weighted by Crippen LogP contribution is -2.13. The first-order valence-corrected chi connectivity index (χ1v) is 6.09. The number of aromatic nitrogens is 1. The van der Waals surface area contributed by atoms with Crippen molar-refractivity contribution in [1.82, 2.24) is 4.98 Å². The third-order valence-corrected chi connectivity index (χ3v) is 3.01. The summed E-state index contributed by atoms with van der Waals surface area (Å²) in [6.07, 6.45) is 0. The molecule has 2 aromatic rings. The number of carbonyl (C=O) groups is 1. The number of rotatable bonds is 2. The number of phenols is 1. The van der Waals surface area contributed by atoms with Crippen LogP contribution in [-0.4, -0.2) is 16.0 Å². The summed E-state index contributed by atoms with van der Waals surface area (Å²) in [5.74, 6) is 0.207. The largest absolute Gasteiger partial charge is 0.507 e. The number of nitrogens with one attached hydrogen (secondary N) is 1. The summed E-state index contributed by atoms with van der Waals surface area (Å²) in [6.45, 7) is 1.85. The van der Waals surface area contributed by atoms with Gasteiger partial charge in [0.1, 0.15) is 11.6 Å². The van der Waals surface area contributed by atoms with Crippen LogP contribution in [0.4, 0.5) is 5.82 Å². The third kappa shape index (κ3) is 2.87. The first-order valence-electron chi connectivity index (χ1n) is 5.30. The summed E-state index contributed by atoms with van der Waals surface area (Å²) in [7, 11) is 0. The first-order chi connectivity index (χ1) is 8.56. The van der Waals surface area contributed by atoms with E-state index in [1.54, 1.807) is 18.2 Å². The molecule has 1 aromatic carbocycles. The molecule has 0 radical (unpaired) electrons. The van der Waals surface area contributed by atoms with Crippen LogP contribution in [0.3, 0.4) is 0 Å². The highest BCUT2D eigenvalue weighted by Crippen LogP contribution is 2.24. The average Bonchev–Trinajstić information content (AvgIpc) is 2.32. The highest BCUT2D eigenvalue weighted by Gasteiger charge is 2.09. The maximum atomic E-state index is 11.9. The summed E-state index contributed by atoms with van der Waals surface area (Å²) in [6, 6.07) is 10.0. The molecule has 0 saturated carbocycles. The molecule has 1 amide bonds. The molecular weight excluding hydrogens is 296 g/mol. The minimum atomic E-state index is -0.309. The number of pyridine rings is 1. The second kappa shape index (κ2) is 5.18. The van der Waals surface area contributed by atoms with Gasteiger partial charge in [-0.05, 0) is 53.2 Å². The second-order valence-electron chi connectivity index (χ2n) is 3.78. The van der Waals surface area contributed by atoms with E-state index in [1.807, 2.05) is 19.1 Å². The molecule has 2 rings (SSSR count).